The van der Waals surface area contributed by atoms with Gasteiger partial charge in [0.25, 0.3) is 0 Å². The van der Waals surface area contributed by atoms with Gasteiger partial charge in [-0.1, -0.05) is 73.7 Å². The molecule has 3 aromatic carbocycles. The number of esters is 1. The number of rotatable bonds is 11. The summed E-state index contributed by atoms with van der Waals surface area (Å²) in [6.45, 7) is 9.54. The summed E-state index contributed by atoms with van der Waals surface area (Å²) in [5, 5.41) is 14.9. The van der Waals surface area contributed by atoms with Crippen LogP contribution in [0.3, 0.4) is 0 Å². The van der Waals surface area contributed by atoms with Crippen molar-refractivity contribution in [1.82, 2.24) is 15.1 Å². The second kappa shape index (κ2) is 16.0. The van der Waals surface area contributed by atoms with Crippen LogP contribution in [0.5, 0.6) is 0 Å². The van der Waals surface area contributed by atoms with Gasteiger partial charge in [0.1, 0.15) is 6.54 Å². The smallest absolute Gasteiger partial charge is 0.325 e. The summed E-state index contributed by atoms with van der Waals surface area (Å²) in [5.74, 6) is -0.431. The maximum Gasteiger partial charge on any atom is 0.325 e. The molecule has 5 rings (SSSR count). The van der Waals surface area contributed by atoms with Crippen LogP contribution in [0.15, 0.2) is 78.9 Å². The lowest BCUT2D eigenvalue weighted by atomic mass is 9.90. The first-order chi connectivity index (χ1) is 21.9. The van der Waals surface area contributed by atoms with Crippen LogP contribution in [0.1, 0.15) is 48.5 Å². The second-order valence-electron chi connectivity index (χ2n) is 11.6. The standard InChI is InChI=1S/C35H44N4O6/c1-3-43-32(41)21-36-35(42)37-30-11-7-10-29(20-30)34-44-31(25(2)33(45-34)28-14-12-27(24-40)13-15-28)23-39-18-16-38(17-19-39)22-26-8-5-4-6-9-26/h4-15,20,25,31,33-34,40H,3,16-19,21-24H2,1-2H3,(H2,36,37,42). The Bertz CT molecular complexity index is 1380. The van der Waals surface area contributed by atoms with Crippen molar-refractivity contribution in [3.8, 4) is 0 Å². The Morgan fingerprint density at radius 1 is 0.889 bits per heavy atom. The summed E-state index contributed by atoms with van der Waals surface area (Å²) in [6.07, 6.45) is -0.987. The highest BCUT2D eigenvalue weighted by Crippen LogP contribution is 2.42. The Hall–Kier alpha value is -3.80. The van der Waals surface area contributed by atoms with Crippen molar-refractivity contribution in [3.63, 3.8) is 0 Å². The van der Waals surface area contributed by atoms with E-state index in [4.69, 9.17) is 14.2 Å². The van der Waals surface area contributed by atoms with Crippen molar-refractivity contribution < 1.29 is 28.9 Å². The van der Waals surface area contributed by atoms with Crippen molar-refractivity contribution in [1.29, 1.82) is 0 Å². The molecular formula is C35H44N4O6. The van der Waals surface area contributed by atoms with Gasteiger partial charge in [0.15, 0.2) is 6.29 Å². The molecule has 10 heteroatoms. The number of nitrogens with one attached hydrogen (secondary N) is 2. The Morgan fingerprint density at radius 3 is 2.33 bits per heavy atom. The maximum absolute atomic E-state index is 12.4. The summed E-state index contributed by atoms with van der Waals surface area (Å²) in [7, 11) is 0. The number of benzene rings is 3. The molecular weight excluding hydrogens is 572 g/mol. The van der Waals surface area contributed by atoms with Gasteiger partial charge in [-0.3, -0.25) is 14.6 Å². The Labute approximate surface area is 265 Å². The molecule has 2 saturated heterocycles. The predicted octanol–water partition coefficient (Wildman–Crippen LogP) is 4.47. The fraction of sp³-hybridized carbons (Fsp3) is 0.429. The molecule has 2 aliphatic heterocycles. The number of nitrogens with zero attached hydrogens (tertiary/aromatic N) is 2. The molecule has 0 radical (unpaired) electrons. The molecule has 3 aromatic rings. The van der Waals surface area contributed by atoms with Crippen LogP contribution in [0.4, 0.5) is 10.5 Å². The van der Waals surface area contributed by atoms with Crippen LogP contribution in [0.25, 0.3) is 0 Å². The summed E-state index contributed by atoms with van der Waals surface area (Å²) in [5.41, 5.74) is 4.53. The van der Waals surface area contributed by atoms with E-state index in [1.165, 1.54) is 5.56 Å². The number of urea groups is 1. The van der Waals surface area contributed by atoms with Crippen molar-refractivity contribution in [2.24, 2.45) is 5.92 Å². The number of aliphatic hydroxyl groups excluding tert-OH is 1. The molecule has 0 saturated carbocycles. The maximum atomic E-state index is 12.4. The molecule has 3 N–H and O–H groups in total. The van der Waals surface area contributed by atoms with E-state index < -0.39 is 18.3 Å². The first-order valence-corrected chi connectivity index (χ1v) is 15.7. The molecule has 4 atom stereocenters. The fourth-order valence-corrected chi connectivity index (χ4v) is 5.86. The van der Waals surface area contributed by atoms with Crippen LogP contribution in [-0.4, -0.2) is 78.9 Å². The van der Waals surface area contributed by atoms with Crippen LogP contribution in [0.2, 0.25) is 0 Å². The second-order valence-corrected chi connectivity index (χ2v) is 11.6. The van der Waals surface area contributed by atoms with Crippen molar-refractivity contribution in [2.45, 2.75) is 45.5 Å². The van der Waals surface area contributed by atoms with Crippen LogP contribution >= 0.6 is 0 Å². The minimum Gasteiger partial charge on any atom is -0.465 e. The zero-order valence-corrected chi connectivity index (χ0v) is 26.1. The van der Waals surface area contributed by atoms with Gasteiger partial charge in [-0.25, -0.2) is 4.79 Å². The number of aliphatic hydroxyl groups is 1. The fourth-order valence-electron chi connectivity index (χ4n) is 5.86. The molecule has 0 aromatic heterocycles. The minimum absolute atomic E-state index is 0.0148. The van der Waals surface area contributed by atoms with E-state index in [1.807, 2.05) is 42.5 Å². The van der Waals surface area contributed by atoms with E-state index in [0.717, 1.165) is 56.0 Å². The van der Waals surface area contributed by atoms with Gasteiger partial charge < -0.3 is 30.0 Å². The highest BCUT2D eigenvalue weighted by Gasteiger charge is 2.39. The average molecular weight is 617 g/mol. The summed E-state index contributed by atoms with van der Waals surface area (Å²) in [4.78, 5) is 29.0. The van der Waals surface area contributed by atoms with Gasteiger partial charge in [-0.15, -0.1) is 0 Å². The van der Waals surface area contributed by atoms with E-state index in [9.17, 15) is 14.7 Å². The lowest BCUT2D eigenvalue weighted by molar-refractivity contribution is -0.276. The number of hydrogen-bond donors (Lipinski definition) is 3. The average Bonchev–Trinajstić information content (AvgIpc) is 3.06. The SMILES string of the molecule is CCOC(=O)CNC(=O)Nc1cccc(C2OC(CN3CCN(Cc4ccccc4)CC3)C(C)C(c3ccc(CO)cc3)O2)c1. The Kier molecular flexibility index (Phi) is 11.6. The van der Waals surface area contributed by atoms with E-state index in [0.29, 0.717) is 5.69 Å². The molecule has 2 heterocycles. The monoisotopic (exact) mass is 616 g/mol. The summed E-state index contributed by atoms with van der Waals surface area (Å²) in [6, 6.07) is 25.3. The van der Waals surface area contributed by atoms with E-state index in [2.05, 4.69) is 57.7 Å². The lowest BCUT2D eigenvalue weighted by Crippen LogP contribution is -2.51. The van der Waals surface area contributed by atoms with Gasteiger partial charge in [0.05, 0.1) is 25.4 Å². The topological polar surface area (TPSA) is 113 Å². The third-order valence-corrected chi connectivity index (χ3v) is 8.39. The molecule has 240 valence electrons. The largest absolute Gasteiger partial charge is 0.465 e. The first kappa shape index (κ1) is 32.6. The number of anilines is 1. The van der Waals surface area contributed by atoms with Crippen molar-refractivity contribution in [2.75, 3.05) is 51.2 Å². The number of carbonyl (C=O) groups excluding carboxylic acids is 2. The minimum atomic E-state index is -0.655. The lowest BCUT2D eigenvalue weighted by Gasteiger charge is -2.44. The van der Waals surface area contributed by atoms with Gasteiger partial charge in [0, 0.05) is 56.4 Å². The van der Waals surface area contributed by atoms with Gasteiger partial charge in [0.2, 0.25) is 0 Å². The molecule has 45 heavy (non-hydrogen) atoms. The predicted molar refractivity (Wildman–Crippen MR) is 171 cm³/mol. The summed E-state index contributed by atoms with van der Waals surface area (Å²) >= 11 is 0. The molecule has 2 aliphatic rings. The van der Waals surface area contributed by atoms with Crippen molar-refractivity contribution in [3.05, 3.63) is 101 Å². The Morgan fingerprint density at radius 2 is 1.62 bits per heavy atom. The van der Waals surface area contributed by atoms with E-state index in [-0.39, 0.29) is 37.9 Å². The number of piperazine rings is 1. The molecule has 0 spiro atoms. The highest BCUT2D eigenvalue weighted by molar-refractivity contribution is 5.91. The van der Waals surface area contributed by atoms with Gasteiger partial charge >= 0.3 is 12.0 Å². The first-order valence-electron chi connectivity index (χ1n) is 15.7. The molecule has 0 bridgehead atoms. The van der Waals surface area contributed by atoms with Crippen LogP contribution < -0.4 is 10.6 Å². The normalized spacial score (nSPS) is 22.5. The van der Waals surface area contributed by atoms with Crippen molar-refractivity contribution >= 4 is 17.7 Å². The Balaban J connectivity index is 1.27. The van der Waals surface area contributed by atoms with Crippen LogP contribution in [0, 0.1) is 5.92 Å². The third kappa shape index (κ3) is 9.12. The molecule has 2 fully saturated rings. The number of ether oxygens (including phenoxy) is 3. The van der Waals surface area contributed by atoms with Gasteiger partial charge in [-0.2, -0.15) is 0 Å². The van der Waals surface area contributed by atoms with E-state index in [1.54, 1.807) is 13.0 Å². The molecule has 4 unspecified atom stereocenters. The van der Waals surface area contributed by atoms with Crippen LogP contribution in [-0.2, 0) is 32.2 Å². The number of carbonyl (C=O) groups is 2. The molecule has 2 amide bonds. The molecule has 0 aliphatic carbocycles. The quantitative estimate of drug-likeness (QED) is 0.271. The zero-order chi connectivity index (χ0) is 31.6. The summed E-state index contributed by atoms with van der Waals surface area (Å²) < 4.78 is 18.1. The third-order valence-electron chi connectivity index (χ3n) is 8.39. The number of amides is 2. The van der Waals surface area contributed by atoms with Gasteiger partial charge in [-0.05, 0) is 35.7 Å². The highest BCUT2D eigenvalue weighted by atomic mass is 16.7. The van der Waals surface area contributed by atoms with E-state index >= 15 is 0 Å². The number of hydrogen-bond acceptors (Lipinski definition) is 8. The molecule has 10 nitrogen and oxygen atoms in total. The zero-order valence-electron chi connectivity index (χ0n) is 26.1.